The molecule has 3 nitrogen and oxygen atoms in total. The van der Waals surface area contributed by atoms with Crippen molar-refractivity contribution in [2.24, 2.45) is 0 Å². The van der Waals surface area contributed by atoms with Crippen LogP contribution in [-0.2, 0) is 16.6 Å². The number of hydrogen-bond acceptors (Lipinski definition) is 3. The van der Waals surface area contributed by atoms with Crippen molar-refractivity contribution in [1.29, 1.82) is 0 Å². The van der Waals surface area contributed by atoms with Crippen molar-refractivity contribution in [1.82, 2.24) is 0 Å². The summed E-state index contributed by atoms with van der Waals surface area (Å²) in [7, 11) is 0. The van der Waals surface area contributed by atoms with Crippen molar-refractivity contribution in [2.75, 3.05) is 5.73 Å². The van der Waals surface area contributed by atoms with Gasteiger partial charge in [0.2, 0.25) is 0 Å². The highest BCUT2D eigenvalue weighted by atomic mass is 32.1. The quantitative estimate of drug-likeness (QED) is 0.845. The Hall–Kier alpha value is -1.88. The molecule has 0 amide bonds. The molecule has 1 atom stereocenters. The predicted molar refractivity (Wildman–Crippen MR) is 73.8 cm³/mol. The van der Waals surface area contributed by atoms with Crippen molar-refractivity contribution in [2.45, 2.75) is 18.8 Å². The molecular weight excluding hydrogens is 265 g/mol. The fourth-order valence-electron chi connectivity index (χ4n) is 2.05. The molecule has 1 heterocycles. The number of benzene rings is 1. The minimum Gasteiger partial charge on any atom is -0.481 e. The molecule has 0 bridgehead atoms. The van der Waals surface area contributed by atoms with E-state index in [1.165, 1.54) is 29.5 Å². The number of nitrogen functional groups attached to an aromatic ring is 1. The molecule has 2 aromatic rings. The Morgan fingerprint density at radius 1 is 1.47 bits per heavy atom. The summed E-state index contributed by atoms with van der Waals surface area (Å²) in [5, 5.41) is 11.4. The fraction of sp³-hybridized carbons (Fsp3) is 0.214. The van der Waals surface area contributed by atoms with Crippen molar-refractivity contribution in [3.63, 3.8) is 0 Å². The van der Waals surface area contributed by atoms with Gasteiger partial charge >= 0.3 is 5.97 Å². The number of carboxylic acids is 1. The van der Waals surface area contributed by atoms with Crippen LogP contribution >= 0.6 is 11.3 Å². The second-order valence-electron chi connectivity index (χ2n) is 4.62. The van der Waals surface area contributed by atoms with Gasteiger partial charge in [0.25, 0.3) is 0 Å². The molecule has 19 heavy (non-hydrogen) atoms. The number of hydrogen-bond donors (Lipinski definition) is 2. The molecule has 0 spiro atoms. The molecule has 0 radical (unpaired) electrons. The molecule has 0 saturated carbocycles. The Balaban J connectivity index is 2.49. The average Bonchev–Trinajstić information content (AvgIpc) is 2.84. The summed E-state index contributed by atoms with van der Waals surface area (Å²) >= 11 is 1.47. The van der Waals surface area contributed by atoms with E-state index in [0.29, 0.717) is 11.3 Å². The van der Waals surface area contributed by atoms with E-state index >= 15 is 0 Å². The van der Waals surface area contributed by atoms with Crippen LogP contribution in [0.25, 0.3) is 0 Å². The number of halogens is 1. The summed E-state index contributed by atoms with van der Waals surface area (Å²) in [6, 6.07) is 7.56. The lowest BCUT2D eigenvalue weighted by Gasteiger charge is -2.26. The highest BCUT2D eigenvalue weighted by Crippen LogP contribution is 2.34. The van der Waals surface area contributed by atoms with Crippen LogP contribution in [0.1, 0.15) is 17.4 Å². The van der Waals surface area contributed by atoms with Gasteiger partial charge in [-0.2, -0.15) is 0 Å². The lowest BCUT2D eigenvalue weighted by atomic mass is 9.78. The number of carboxylic acid groups (broad SMARTS) is 1. The van der Waals surface area contributed by atoms with Crippen LogP contribution in [0.5, 0.6) is 0 Å². The lowest BCUT2D eigenvalue weighted by Crippen LogP contribution is -2.35. The molecule has 3 N–H and O–H groups in total. The van der Waals surface area contributed by atoms with E-state index in [2.05, 4.69) is 0 Å². The van der Waals surface area contributed by atoms with Gasteiger partial charge < -0.3 is 10.8 Å². The maximum absolute atomic E-state index is 13.4. The first-order valence-corrected chi connectivity index (χ1v) is 6.63. The molecule has 2 rings (SSSR count). The highest BCUT2D eigenvalue weighted by Gasteiger charge is 2.37. The van der Waals surface area contributed by atoms with Gasteiger partial charge in [-0.05, 0) is 42.1 Å². The maximum Gasteiger partial charge on any atom is 0.314 e. The van der Waals surface area contributed by atoms with E-state index < -0.39 is 17.2 Å². The number of thiophene rings is 1. The summed E-state index contributed by atoms with van der Waals surface area (Å²) in [6.07, 6.45) is 0.285. The van der Waals surface area contributed by atoms with Gasteiger partial charge in [-0.25, -0.2) is 4.39 Å². The minimum atomic E-state index is -1.24. The monoisotopic (exact) mass is 279 g/mol. The third-order valence-electron chi connectivity index (χ3n) is 3.19. The van der Waals surface area contributed by atoms with Crippen molar-refractivity contribution < 1.29 is 14.3 Å². The zero-order valence-electron chi connectivity index (χ0n) is 10.4. The smallest absolute Gasteiger partial charge is 0.314 e. The van der Waals surface area contributed by atoms with Crippen LogP contribution in [0, 0.1) is 5.82 Å². The van der Waals surface area contributed by atoms with Gasteiger partial charge in [0.15, 0.2) is 0 Å². The summed E-state index contributed by atoms with van der Waals surface area (Å²) in [5.74, 6) is -1.50. The Morgan fingerprint density at radius 2 is 2.21 bits per heavy atom. The number of nitrogens with two attached hydrogens (primary N) is 1. The standard InChI is InChI=1S/C14H14FNO2S/c1-14(13(17)18,8-10-3-2-6-19-10)11-7-9(15)4-5-12(11)16/h2-7H,8,16H2,1H3,(H,17,18). The Kier molecular flexibility index (Phi) is 3.57. The SMILES string of the molecule is CC(Cc1cccs1)(C(=O)O)c1cc(F)ccc1N. The van der Waals surface area contributed by atoms with Gasteiger partial charge in [0, 0.05) is 17.0 Å². The van der Waals surface area contributed by atoms with E-state index in [-0.39, 0.29) is 6.42 Å². The zero-order chi connectivity index (χ0) is 14.0. The Labute approximate surface area is 114 Å². The Morgan fingerprint density at radius 3 is 2.79 bits per heavy atom. The van der Waals surface area contributed by atoms with Gasteiger partial charge in [-0.1, -0.05) is 6.07 Å². The number of rotatable bonds is 4. The second-order valence-corrected chi connectivity index (χ2v) is 5.66. The van der Waals surface area contributed by atoms with E-state index in [9.17, 15) is 14.3 Å². The van der Waals surface area contributed by atoms with Gasteiger partial charge in [0.05, 0.1) is 5.41 Å². The topological polar surface area (TPSA) is 63.3 Å². The number of anilines is 1. The van der Waals surface area contributed by atoms with Gasteiger partial charge in [-0.15, -0.1) is 11.3 Å². The molecule has 0 aliphatic carbocycles. The number of carbonyl (C=O) groups is 1. The largest absolute Gasteiger partial charge is 0.481 e. The number of aliphatic carboxylic acids is 1. The van der Waals surface area contributed by atoms with Crippen LogP contribution in [0.15, 0.2) is 35.7 Å². The molecule has 5 heteroatoms. The third-order valence-corrected chi connectivity index (χ3v) is 4.07. The first kappa shape index (κ1) is 13.5. The van der Waals surface area contributed by atoms with Crippen molar-refractivity contribution >= 4 is 23.0 Å². The van der Waals surface area contributed by atoms with Crippen molar-refractivity contribution in [3.05, 3.63) is 52.0 Å². The lowest BCUT2D eigenvalue weighted by molar-refractivity contribution is -0.143. The molecule has 0 saturated heterocycles. The minimum absolute atomic E-state index is 0.285. The zero-order valence-corrected chi connectivity index (χ0v) is 11.2. The molecule has 1 aromatic heterocycles. The fourth-order valence-corrected chi connectivity index (χ4v) is 2.92. The maximum atomic E-state index is 13.4. The van der Waals surface area contributed by atoms with Crippen LogP contribution in [0.3, 0.4) is 0 Å². The predicted octanol–water partition coefficient (Wildman–Crippen LogP) is 3.05. The molecule has 100 valence electrons. The van der Waals surface area contributed by atoms with Crippen LogP contribution < -0.4 is 5.73 Å². The third kappa shape index (κ3) is 2.61. The van der Waals surface area contributed by atoms with Crippen molar-refractivity contribution in [3.8, 4) is 0 Å². The van der Waals surface area contributed by atoms with E-state index in [0.717, 1.165) is 4.88 Å². The van der Waals surface area contributed by atoms with E-state index in [1.54, 1.807) is 6.92 Å². The Bertz CT molecular complexity index is 597. The molecule has 1 aromatic carbocycles. The summed E-state index contributed by atoms with van der Waals surface area (Å²) in [4.78, 5) is 12.6. The van der Waals surface area contributed by atoms with E-state index in [1.807, 2.05) is 17.5 Å². The van der Waals surface area contributed by atoms with E-state index in [4.69, 9.17) is 5.73 Å². The first-order valence-electron chi connectivity index (χ1n) is 5.75. The normalized spacial score (nSPS) is 14.0. The summed E-state index contributed by atoms with van der Waals surface area (Å²) < 4.78 is 13.4. The highest BCUT2D eigenvalue weighted by molar-refractivity contribution is 7.09. The summed E-state index contributed by atoms with van der Waals surface area (Å²) in [5.41, 5.74) is 5.18. The molecule has 0 fully saturated rings. The first-order chi connectivity index (χ1) is 8.93. The molecule has 0 aliphatic heterocycles. The van der Waals surface area contributed by atoms with Gasteiger partial charge in [-0.3, -0.25) is 4.79 Å². The molecule has 1 unspecified atom stereocenters. The van der Waals surface area contributed by atoms with Gasteiger partial charge in [0.1, 0.15) is 5.82 Å². The summed E-state index contributed by atoms with van der Waals surface area (Å²) in [6.45, 7) is 1.57. The molecular formula is C14H14FNO2S. The van der Waals surface area contributed by atoms with Crippen LogP contribution in [0.2, 0.25) is 0 Å². The van der Waals surface area contributed by atoms with Crippen LogP contribution in [-0.4, -0.2) is 11.1 Å². The second kappa shape index (κ2) is 5.01. The molecule has 0 aliphatic rings. The van der Waals surface area contributed by atoms with Crippen LogP contribution in [0.4, 0.5) is 10.1 Å². The average molecular weight is 279 g/mol.